The SMILES string of the molecule is Cc1csc(Sc2c(F)cc(CNC(C)C)cc2F)n1. The first-order valence-corrected chi connectivity index (χ1v) is 7.96. The maximum Gasteiger partial charge on any atom is 0.155 e. The van der Waals surface area contributed by atoms with Gasteiger partial charge < -0.3 is 5.32 Å². The number of thiazole rings is 1. The van der Waals surface area contributed by atoms with Crippen molar-refractivity contribution < 1.29 is 8.78 Å². The monoisotopic (exact) mass is 314 g/mol. The zero-order chi connectivity index (χ0) is 14.7. The number of halogens is 2. The number of hydrogen-bond donors (Lipinski definition) is 1. The van der Waals surface area contributed by atoms with Crippen molar-refractivity contribution in [3.8, 4) is 0 Å². The Hall–Kier alpha value is -0.980. The Morgan fingerprint density at radius 1 is 1.30 bits per heavy atom. The molecule has 108 valence electrons. The van der Waals surface area contributed by atoms with Crippen LogP contribution in [0.1, 0.15) is 25.1 Å². The van der Waals surface area contributed by atoms with E-state index in [4.69, 9.17) is 0 Å². The molecule has 2 aromatic rings. The van der Waals surface area contributed by atoms with E-state index in [-0.39, 0.29) is 10.9 Å². The number of aryl methyl sites for hydroxylation is 1. The molecule has 2 rings (SSSR count). The normalized spacial score (nSPS) is 11.3. The van der Waals surface area contributed by atoms with Crippen molar-refractivity contribution in [2.24, 2.45) is 0 Å². The molecule has 0 saturated heterocycles. The maximum absolute atomic E-state index is 14.0. The molecule has 20 heavy (non-hydrogen) atoms. The molecule has 0 aliphatic rings. The lowest BCUT2D eigenvalue weighted by Gasteiger charge is -2.10. The second kappa shape index (κ2) is 6.65. The Morgan fingerprint density at radius 3 is 2.45 bits per heavy atom. The van der Waals surface area contributed by atoms with E-state index in [1.54, 1.807) is 0 Å². The fourth-order valence-corrected chi connectivity index (χ4v) is 3.39. The number of rotatable bonds is 5. The van der Waals surface area contributed by atoms with Gasteiger partial charge in [-0.15, -0.1) is 11.3 Å². The second-order valence-corrected chi connectivity index (χ2v) is 6.90. The van der Waals surface area contributed by atoms with Crippen LogP contribution < -0.4 is 5.32 Å². The fraction of sp³-hybridized carbons (Fsp3) is 0.357. The smallest absolute Gasteiger partial charge is 0.155 e. The highest BCUT2D eigenvalue weighted by Crippen LogP contribution is 2.34. The molecule has 0 aliphatic carbocycles. The minimum Gasteiger partial charge on any atom is -0.310 e. The first-order valence-electron chi connectivity index (χ1n) is 6.27. The van der Waals surface area contributed by atoms with Crippen molar-refractivity contribution in [1.82, 2.24) is 10.3 Å². The quantitative estimate of drug-likeness (QED) is 0.886. The predicted octanol–water partition coefficient (Wildman–Crippen LogP) is 4.38. The molecule has 1 aromatic carbocycles. The summed E-state index contributed by atoms with van der Waals surface area (Å²) in [6, 6.07) is 3.02. The van der Waals surface area contributed by atoms with Gasteiger partial charge in [-0.3, -0.25) is 0 Å². The molecule has 0 aliphatic heterocycles. The summed E-state index contributed by atoms with van der Waals surface area (Å²) in [6.07, 6.45) is 0. The molecular formula is C14H16F2N2S2. The molecule has 0 saturated carbocycles. The molecule has 0 unspecified atom stereocenters. The predicted molar refractivity (Wildman–Crippen MR) is 79.3 cm³/mol. The van der Waals surface area contributed by atoms with E-state index in [2.05, 4.69) is 10.3 Å². The van der Waals surface area contributed by atoms with E-state index in [0.29, 0.717) is 16.4 Å². The van der Waals surface area contributed by atoms with Crippen LogP contribution in [0.4, 0.5) is 8.78 Å². The third kappa shape index (κ3) is 4.01. The first kappa shape index (κ1) is 15.4. The van der Waals surface area contributed by atoms with Crippen molar-refractivity contribution in [2.75, 3.05) is 0 Å². The third-order valence-corrected chi connectivity index (χ3v) is 4.71. The summed E-state index contributed by atoms with van der Waals surface area (Å²) in [5.41, 5.74) is 1.46. The molecule has 6 heteroatoms. The van der Waals surface area contributed by atoms with Crippen LogP contribution in [0.5, 0.6) is 0 Å². The van der Waals surface area contributed by atoms with Gasteiger partial charge in [0.2, 0.25) is 0 Å². The summed E-state index contributed by atoms with van der Waals surface area (Å²) in [4.78, 5) is 4.21. The Morgan fingerprint density at radius 2 is 1.95 bits per heavy atom. The second-order valence-electron chi connectivity index (χ2n) is 4.78. The number of nitrogens with one attached hydrogen (secondary N) is 1. The van der Waals surface area contributed by atoms with E-state index in [9.17, 15) is 8.78 Å². The van der Waals surface area contributed by atoms with Gasteiger partial charge in [0.05, 0.1) is 4.90 Å². The zero-order valence-electron chi connectivity index (χ0n) is 11.5. The molecule has 1 aromatic heterocycles. The van der Waals surface area contributed by atoms with E-state index >= 15 is 0 Å². The van der Waals surface area contributed by atoms with Crippen molar-refractivity contribution in [3.05, 3.63) is 40.4 Å². The van der Waals surface area contributed by atoms with Crippen LogP contribution in [-0.2, 0) is 6.54 Å². The summed E-state index contributed by atoms with van der Waals surface area (Å²) in [5, 5.41) is 5.00. The molecule has 0 spiro atoms. The van der Waals surface area contributed by atoms with Gasteiger partial charge in [0.1, 0.15) is 11.6 Å². The molecule has 0 radical (unpaired) electrons. The Balaban J connectivity index is 2.18. The van der Waals surface area contributed by atoms with Crippen molar-refractivity contribution >= 4 is 23.1 Å². The minimum atomic E-state index is -0.539. The third-order valence-electron chi connectivity index (χ3n) is 2.56. The summed E-state index contributed by atoms with van der Waals surface area (Å²) in [6.45, 7) is 6.28. The Labute approximate surface area is 125 Å². The van der Waals surface area contributed by atoms with Gasteiger partial charge >= 0.3 is 0 Å². The molecule has 2 nitrogen and oxygen atoms in total. The van der Waals surface area contributed by atoms with Crippen LogP contribution >= 0.6 is 23.1 Å². The van der Waals surface area contributed by atoms with E-state index in [1.807, 2.05) is 26.2 Å². The summed E-state index contributed by atoms with van der Waals surface area (Å²) in [7, 11) is 0. The number of benzene rings is 1. The summed E-state index contributed by atoms with van der Waals surface area (Å²) < 4.78 is 28.7. The van der Waals surface area contributed by atoms with E-state index in [0.717, 1.165) is 17.5 Å². The highest BCUT2D eigenvalue weighted by Gasteiger charge is 2.14. The van der Waals surface area contributed by atoms with Crippen LogP contribution in [0.3, 0.4) is 0 Å². The first-order chi connectivity index (χ1) is 9.45. The fourth-order valence-electron chi connectivity index (χ4n) is 1.60. The molecule has 1 N–H and O–H groups in total. The van der Waals surface area contributed by atoms with Gasteiger partial charge in [0.15, 0.2) is 4.34 Å². The van der Waals surface area contributed by atoms with Crippen LogP contribution in [0, 0.1) is 18.6 Å². The highest BCUT2D eigenvalue weighted by atomic mass is 32.2. The molecule has 0 atom stereocenters. The van der Waals surface area contributed by atoms with Gasteiger partial charge in [0.25, 0.3) is 0 Å². The Bertz CT molecular complexity index is 574. The van der Waals surface area contributed by atoms with Gasteiger partial charge in [-0.05, 0) is 24.6 Å². The minimum absolute atomic E-state index is 0.00708. The van der Waals surface area contributed by atoms with Crippen LogP contribution in [0.25, 0.3) is 0 Å². The van der Waals surface area contributed by atoms with Gasteiger partial charge in [-0.1, -0.05) is 25.6 Å². The zero-order valence-corrected chi connectivity index (χ0v) is 13.2. The maximum atomic E-state index is 14.0. The van der Waals surface area contributed by atoms with Crippen LogP contribution in [0.2, 0.25) is 0 Å². The topological polar surface area (TPSA) is 24.9 Å². The summed E-state index contributed by atoms with van der Waals surface area (Å²) in [5.74, 6) is -1.08. The van der Waals surface area contributed by atoms with Crippen LogP contribution in [-0.4, -0.2) is 11.0 Å². The van der Waals surface area contributed by atoms with Crippen molar-refractivity contribution in [1.29, 1.82) is 0 Å². The number of hydrogen-bond acceptors (Lipinski definition) is 4. The molecule has 0 fully saturated rings. The van der Waals surface area contributed by atoms with E-state index < -0.39 is 11.6 Å². The average molecular weight is 314 g/mol. The Kier molecular flexibility index (Phi) is 5.12. The highest BCUT2D eigenvalue weighted by molar-refractivity contribution is 8.01. The standard InChI is InChI=1S/C14H16F2N2S2/c1-8(2)17-6-10-4-11(15)13(12(16)5-10)20-14-18-9(3)7-19-14/h4-5,7-8,17H,6H2,1-3H3. The van der Waals surface area contributed by atoms with Crippen molar-refractivity contribution in [2.45, 2.75) is 42.6 Å². The number of nitrogens with zero attached hydrogens (tertiary/aromatic N) is 1. The molecular weight excluding hydrogens is 298 g/mol. The van der Waals surface area contributed by atoms with Gasteiger partial charge in [-0.2, -0.15) is 0 Å². The van der Waals surface area contributed by atoms with Gasteiger partial charge in [0, 0.05) is 23.7 Å². The number of aromatic nitrogens is 1. The lowest BCUT2D eigenvalue weighted by molar-refractivity contribution is 0.529. The van der Waals surface area contributed by atoms with Crippen molar-refractivity contribution in [3.63, 3.8) is 0 Å². The molecule has 1 heterocycles. The lowest BCUT2D eigenvalue weighted by atomic mass is 10.2. The largest absolute Gasteiger partial charge is 0.310 e. The average Bonchev–Trinajstić information content (AvgIpc) is 2.77. The lowest BCUT2D eigenvalue weighted by Crippen LogP contribution is -2.22. The van der Waals surface area contributed by atoms with Crippen LogP contribution in [0.15, 0.2) is 26.7 Å². The summed E-state index contributed by atoms with van der Waals surface area (Å²) >= 11 is 2.42. The van der Waals surface area contributed by atoms with E-state index in [1.165, 1.54) is 23.5 Å². The van der Waals surface area contributed by atoms with Gasteiger partial charge in [-0.25, -0.2) is 13.8 Å². The molecule has 0 bridgehead atoms. The molecule has 0 amide bonds.